The van der Waals surface area contributed by atoms with Crippen molar-refractivity contribution in [2.24, 2.45) is 0 Å². The first-order chi connectivity index (χ1) is 14.5. The van der Waals surface area contributed by atoms with Gasteiger partial charge in [-0.05, 0) is 36.4 Å². The molecular formula is C20H17F2N7O. The Kier molecular flexibility index (Phi) is 4.55. The highest BCUT2D eigenvalue weighted by Crippen LogP contribution is 2.27. The standard InChI is InChI=1S/C20H17F2N7O/c1-28-8-14-3-2-12(6-15(14)9-28)17-11-29(27-24-17)10-16-5-4-13(7-23-16)19-25-26-20(30-19)18(21)22/h2-7,11,18H,8-10H2,1H3. The molecule has 3 aromatic heterocycles. The monoisotopic (exact) mass is 409 g/mol. The molecule has 0 fully saturated rings. The molecule has 0 amide bonds. The molecule has 4 heterocycles. The van der Waals surface area contributed by atoms with Crippen molar-refractivity contribution in [3.05, 3.63) is 65.4 Å². The summed E-state index contributed by atoms with van der Waals surface area (Å²) in [4.78, 5) is 6.60. The topological polar surface area (TPSA) is 85.8 Å². The molecule has 0 spiro atoms. The van der Waals surface area contributed by atoms with Gasteiger partial charge in [0.1, 0.15) is 5.69 Å². The molecule has 0 N–H and O–H groups in total. The zero-order valence-electron chi connectivity index (χ0n) is 16.0. The van der Waals surface area contributed by atoms with Crippen LogP contribution in [-0.2, 0) is 19.6 Å². The second-order valence-corrected chi connectivity index (χ2v) is 7.24. The van der Waals surface area contributed by atoms with Gasteiger partial charge in [0.25, 0.3) is 5.89 Å². The van der Waals surface area contributed by atoms with E-state index in [2.05, 4.69) is 55.6 Å². The Morgan fingerprint density at radius 3 is 2.63 bits per heavy atom. The molecule has 0 radical (unpaired) electrons. The van der Waals surface area contributed by atoms with E-state index in [1.807, 2.05) is 6.20 Å². The van der Waals surface area contributed by atoms with Gasteiger partial charge in [-0.25, -0.2) is 4.68 Å². The van der Waals surface area contributed by atoms with Crippen LogP contribution >= 0.6 is 0 Å². The minimum absolute atomic E-state index is 0.00893. The Morgan fingerprint density at radius 2 is 1.87 bits per heavy atom. The lowest BCUT2D eigenvalue weighted by Gasteiger charge is -2.02. The van der Waals surface area contributed by atoms with Crippen molar-refractivity contribution in [1.29, 1.82) is 0 Å². The molecule has 0 saturated heterocycles. The number of rotatable bonds is 5. The third-order valence-corrected chi connectivity index (χ3v) is 4.94. The number of nitrogens with zero attached hydrogens (tertiary/aromatic N) is 7. The summed E-state index contributed by atoms with van der Waals surface area (Å²) < 4.78 is 31.8. The second-order valence-electron chi connectivity index (χ2n) is 7.24. The van der Waals surface area contributed by atoms with E-state index in [1.165, 1.54) is 17.3 Å². The van der Waals surface area contributed by atoms with Gasteiger partial charge in [0.2, 0.25) is 5.89 Å². The van der Waals surface area contributed by atoms with Crippen molar-refractivity contribution >= 4 is 0 Å². The Bertz CT molecular complexity index is 1190. The average molecular weight is 409 g/mol. The number of hydrogen-bond acceptors (Lipinski definition) is 7. The normalized spacial score (nSPS) is 13.9. The zero-order valence-corrected chi connectivity index (χ0v) is 16.0. The quantitative estimate of drug-likeness (QED) is 0.500. The molecule has 0 aliphatic carbocycles. The number of pyridine rings is 1. The van der Waals surface area contributed by atoms with E-state index in [1.54, 1.807) is 16.8 Å². The molecule has 10 heteroatoms. The molecule has 0 atom stereocenters. The summed E-state index contributed by atoms with van der Waals surface area (Å²) in [5.74, 6) is -0.697. The number of halogens is 2. The molecule has 30 heavy (non-hydrogen) atoms. The van der Waals surface area contributed by atoms with Crippen LogP contribution < -0.4 is 0 Å². The highest BCUT2D eigenvalue weighted by atomic mass is 19.3. The lowest BCUT2D eigenvalue weighted by atomic mass is 10.1. The fourth-order valence-corrected chi connectivity index (χ4v) is 3.48. The maximum Gasteiger partial charge on any atom is 0.314 e. The van der Waals surface area contributed by atoms with Gasteiger partial charge in [-0.15, -0.1) is 15.3 Å². The lowest BCUT2D eigenvalue weighted by Crippen LogP contribution is -2.07. The molecular weight excluding hydrogens is 392 g/mol. The Morgan fingerprint density at radius 1 is 1.03 bits per heavy atom. The van der Waals surface area contributed by atoms with Gasteiger partial charge in [0, 0.05) is 24.8 Å². The number of fused-ring (bicyclic) bond motifs is 1. The van der Waals surface area contributed by atoms with Gasteiger partial charge in [-0.2, -0.15) is 8.78 Å². The molecule has 0 bridgehead atoms. The fraction of sp³-hybridized carbons (Fsp3) is 0.250. The Hall–Kier alpha value is -3.53. The van der Waals surface area contributed by atoms with Gasteiger partial charge in [-0.1, -0.05) is 17.3 Å². The summed E-state index contributed by atoms with van der Waals surface area (Å²) in [5.41, 5.74) is 5.71. The Labute approximate surface area is 170 Å². The third-order valence-electron chi connectivity index (χ3n) is 4.94. The van der Waals surface area contributed by atoms with E-state index >= 15 is 0 Å². The number of benzene rings is 1. The van der Waals surface area contributed by atoms with E-state index in [-0.39, 0.29) is 5.89 Å². The first kappa shape index (κ1) is 18.5. The predicted molar refractivity (Wildman–Crippen MR) is 102 cm³/mol. The van der Waals surface area contributed by atoms with E-state index < -0.39 is 12.3 Å². The van der Waals surface area contributed by atoms with Crippen LogP contribution in [0.4, 0.5) is 8.78 Å². The van der Waals surface area contributed by atoms with E-state index in [0.29, 0.717) is 12.1 Å². The number of hydrogen-bond donors (Lipinski definition) is 0. The SMILES string of the molecule is CN1Cc2ccc(-c3cn(Cc4ccc(-c5nnc(C(F)F)o5)cn4)nn3)cc2C1. The van der Waals surface area contributed by atoms with Gasteiger partial charge >= 0.3 is 6.43 Å². The van der Waals surface area contributed by atoms with Crippen molar-refractivity contribution in [3.63, 3.8) is 0 Å². The van der Waals surface area contributed by atoms with Gasteiger partial charge in [0.15, 0.2) is 0 Å². The maximum atomic E-state index is 12.6. The maximum absolute atomic E-state index is 12.6. The minimum Gasteiger partial charge on any atom is -0.415 e. The first-order valence-corrected chi connectivity index (χ1v) is 9.33. The van der Waals surface area contributed by atoms with Crippen LogP contribution in [0.15, 0.2) is 47.1 Å². The highest BCUT2D eigenvalue weighted by Gasteiger charge is 2.18. The Balaban J connectivity index is 1.30. The van der Waals surface area contributed by atoms with E-state index in [0.717, 1.165) is 30.0 Å². The van der Waals surface area contributed by atoms with Crippen LogP contribution in [0.2, 0.25) is 0 Å². The molecule has 0 unspecified atom stereocenters. The minimum atomic E-state index is -2.80. The van der Waals surface area contributed by atoms with Crippen molar-refractivity contribution in [2.45, 2.75) is 26.1 Å². The number of alkyl halides is 2. The third kappa shape index (κ3) is 3.57. The summed E-state index contributed by atoms with van der Waals surface area (Å²) in [5, 5.41) is 15.4. The largest absolute Gasteiger partial charge is 0.415 e. The molecule has 8 nitrogen and oxygen atoms in total. The van der Waals surface area contributed by atoms with Crippen molar-refractivity contribution in [2.75, 3.05) is 7.05 Å². The van der Waals surface area contributed by atoms with Gasteiger partial charge in [0.05, 0.1) is 24.0 Å². The van der Waals surface area contributed by atoms with Crippen molar-refractivity contribution < 1.29 is 13.2 Å². The lowest BCUT2D eigenvalue weighted by molar-refractivity contribution is 0.116. The van der Waals surface area contributed by atoms with Crippen LogP contribution in [0.3, 0.4) is 0 Å². The highest BCUT2D eigenvalue weighted by molar-refractivity contribution is 5.60. The van der Waals surface area contributed by atoms with Crippen molar-refractivity contribution in [3.8, 4) is 22.7 Å². The van der Waals surface area contributed by atoms with Crippen LogP contribution in [0.1, 0.15) is 29.1 Å². The molecule has 4 aromatic rings. The zero-order chi connectivity index (χ0) is 20.7. The smallest absolute Gasteiger partial charge is 0.314 e. The number of aromatic nitrogens is 6. The molecule has 1 aromatic carbocycles. The van der Waals surface area contributed by atoms with Crippen molar-refractivity contribution in [1.82, 2.24) is 35.1 Å². The van der Waals surface area contributed by atoms with Crippen LogP contribution in [0, 0.1) is 0 Å². The second kappa shape index (κ2) is 7.38. The molecule has 1 aliphatic rings. The first-order valence-electron chi connectivity index (χ1n) is 9.33. The molecule has 1 aliphatic heterocycles. The summed E-state index contributed by atoms with van der Waals surface area (Å²) in [7, 11) is 2.10. The molecule has 0 saturated carbocycles. The van der Waals surface area contributed by atoms with Crippen LogP contribution in [0.5, 0.6) is 0 Å². The fourth-order valence-electron chi connectivity index (χ4n) is 3.48. The predicted octanol–water partition coefficient (Wildman–Crippen LogP) is 3.32. The average Bonchev–Trinajstić information content (AvgIpc) is 3.47. The summed E-state index contributed by atoms with van der Waals surface area (Å²) in [6.45, 7) is 2.33. The van der Waals surface area contributed by atoms with E-state index in [4.69, 9.17) is 4.42 Å². The summed E-state index contributed by atoms with van der Waals surface area (Å²) in [6.07, 6.45) is 0.585. The summed E-state index contributed by atoms with van der Waals surface area (Å²) in [6, 6.07) is 9.83. The molecule has 5 rings (SSSR count). The van der Waals surface area contributed by atoms with Gasteiger partial charge < -0.3 is 4.42 Å². The summed E-state index contributed by atoms with van der Waals surface area (Å²) >= 11 is 0. The van der Waals surface area contributed by atoms with Crippen LogP contribution in [0.25, 0.3) is 22.7 Å². The van der Waals surface area contributed by atoms with Crippen LogP contribution in [-0.4, -0.2) is 42.1 Å². The van der Waals surface area contributed by atoms with Gasteiger partial charge in [-0.3, -0.25) is 9.88 Å². The van der Waals surface area contributed by atoms with E-state index in [9.17, 15) is 8.78 Å². The molecule has 152 valence electrons.